The molecule has 21 heterocycles. The summed E-state index contributed by atoms with van der Waals surface area (Å²) in [7, 11) is 0. The van der Waals surface area contributed by atoms with E-state index >= 15 is 0 Å². The monoisotopic (exact) mass is 1250 g/mol. The van der Waals surface area contributed by atoms with Gasteiger partial charge in [-0.15, -0.1) is 0 Å². The van der Waals surface area contributed by atoms with Crippen LogP contribution < -0.4 is 0 Å². The smallest absolute Gasteiger partial charge is 0.187 e. The summed E-state index contributed by atoms with van der Waals surface area (Å²) in [5.74, 6) is 0. The topological polar surface area (TPSA) is 543 Å². The van der Waals surface area contributed by atoms with E-state index in [2.05, 4.69) is 0 Å². The molecule has 35 atom stereocenters. The van der Waals surface area contributed by atoms with Crippen LogP contribution in [0.4, 0.5) is 0 Å². The average molecular weight is 1250 g/mol. The van der Waals surface area contributed by atoms with Gasteiger partial charge in [-0.05, 0) is 5.56 Å². The Balaban J connectivity index is 1.02. The zero-order valence-corrected chi connectivity index (χ0v) is 45.5. The van der Waals surface area contributed by atoms with Crippen molar-refractivity contribution in [3.05, 3.63) is 42.0 Å². The molecule has 22 rings (SSSR count). The summed E-state index contributed by atoms with van der Waals surface area (Å²) in [6.07, 6.45) is -66.0. The van der Waals surface area contributed by atoms with Crippen molar-refractivity contribution in [3.63, 3.8) is 0 Å². The van der Waals surface area contributed by atoms with Crippen LogP contribution in [0.5, 0.6) is 0 Å². The predicted octanol–water partition coefficient (Wildman–Crippen LogP) is -12.5. The van der Waals surface area contributed by atoms with Gasteiger partial charge in [-0.2, -0.15) is 0 Å². The van der Waals surface area contributed by atoms with Gasteiger partial charge >= 0.3 is 0 Å². The minimum atomic E-state index is -2.21. The zero-order chi connectivity index (χ0) is 62.0. The quantitative estimate of drug-likeness (QED) is 0.0978. The summed E-state index contributed by atoms with van der Waals surface area (Å²) >= 11 is 0. The molecule has 1 aromatic carbocycles. The lowest BCUT2D eigenvalue weighted by Gasteiger charge is -2.50. The van der Waals surface area contributed by atoms with E-state index in [0.29, 0.717) is 0 Å². The van der Waals surface area contributed by atoms with Crippen LogP contribution >= 0.6 is 0 Å². The maximum atomic E-state index is 12.0. The highest BCUT2D eigenvalue weighted by molar-refractivity contribution is 5.48. The first kappa shape index (κ1) is 67.9. The second-order valence-corrected chi connectivity index (χ2v) is 21.8. The van der Waals surface area contributed by atoms with Gasteiger partial charge in [0.25, 0.3) is 0 Å². The minimum absolute atomic E-state index is 0.318. The molecule has 0 radical (unpaired) electrons. The van der Waals surface area contributed by atoms with Gasteiger partial charge in [-0.1, -0.05) is 42.5 Å². The fraction of sp³-hybridized carbons (Fsp3) is 0.843. The van der Waals surface area contributed by atoms with Gasteiger partial charge in [0, 0.05) is 0 Å². The highest BCUT2D eigenvalue weighted by Crippen LogP contribution is 2.39. The first-order valence-electron chi connectivity index (χ1n) is 27.8. The van der Waals surface area contributed by atoms with Crippen molar-refractivity contribution in [2.45, 2.75) is 215 Å². The zero-order valence-electron chi connectivity index (χ0n) is 45.5. The Morgan fingerprint density at radius 2 is 0.500 bits per heavy atom. The van der Waals surface area contributed by atoms with Crippen molar-refractivity contribution in [1.82, 2.24) is 0 Å². The Bertz CT molecular complexity index is 2230. The summed E-state index contributed by atoms with van der Waals surface area (Å²) in [6, 6.07) is 8.84. The standard InChI is InChI=1S/C51H78O35/c52-9-17-37-25(60)31(66)46(74-17)82-39-19(11-54)76-48(33(68)27(39)62)84-41-21(13-56)78-50(35(70)29(41)64)86-43-23(15-58)79-51(36(71)44(43)72-8-4-7-16-5-2-1-3-6-16)85-42-22(14-57)77-49(34(69)28(42)63)83-40-20(12-55)75-47(32(67)26(40)61)81-38-18(10-53)73-45(80-37)30(65)24(38)59/h1-7,17-71H,8-15H2/b7-4+/t17-,18-,19-,20-,21-,22-,23-,24-,25+,26-,27+,28-,29+,30-,31+,32-,33+,34-,35+,36-,37-,38-,39-,40-,41-,42-,43-,44-,45-,46-,47-,48-,49-,50-,51-/m1/s1. The molecule has 0 saturated carbocycles. The van der Waals surface area contributed by atoms with Crippen LogP contribution in [-0.4, -0.2) is 370 Å². The lowest BCUT2D eigenvalue weighted by molar-refractivity contribution is -0.397. The molecule has 14 bridgehead atoms. The van der Waals surface area contributed by atoms with Crippen molar-refractivity contribution in [3.8, 4) is 0 Å². The molecule has 21 aliphatic rings. The normalized spacial score (nSPS) is 50.9. The molecule has 35 heteroatoms. The van der Waals surface area contributed by atoms with Gasteiger partial charge in [0.2, 0.25) is 0 Å². The molecule has 0 unspecified atom stereocenters. The van der Waals surface area contributed by atoms with E-state index < -0.39 is 261 Å². The average Bonchev–Trinajstić information content (AvgIpc) is 1.50. The molecule has 0 amide bonds. The largest absolute Gasteiger partial charge is 0.394 e. The van der Waals surface area contributed by atoms with Crippen molar-refractivity contribution in [2.75, 3.05) is 52.9 Å². The van der Waals surface area contributed by atoms with E-state index in [9.17, 15) is 102 Å². The lowest BCUT2D eigenvalue weighted by Crippen LogP contribution is -2.68. The molecule has 0 aromatic heterocycles. The van der Waals surface area contributed by atoms with Gasteiger partial charge in [0.05, 0.1) is 52.9 Å². The van der Waals surface area contributed by atoms with Crippen LogP contribution in [0.1, 0.15) is 5.56 Å². The van der Waals surface area contributed by atoms with Crippen LogP contribution in [0.25, 0.3) is 6.08 Å². The second-order valence-electron chi connectivity index (χ2n) is 21.8. The highest BCUT2D eigenvalue weighted by Gasteiger charge is 2.60. The van der Waals surface area contributed by atoms with E-state index in [4.69, 9.17) is 71.1 Å². The molecule has 21 aliphatic heterocycles. The van der Waals surface area contributed by atoms with Crippen molar-refractivity contribution < 1.29 is 173 Å². The first-order valence-corrected chi connectivity index (χ1v) is 27.8. The van der Waals surface area contributed by atoms with Gasteiger partial charge in [0.1, 0.15) is 171 Å². The van der Waals surface area contributed by atoms with E-state index in [0.717, 1.165) is 5.56 Å². The third kappa shape index (κ3) is 14.0. The minimum Gasteiger partial charge on any atom is -0.394 e. The van der Waals surface area contributed by atoms with Crippen LogP contribution in [0.2, 0.25) is 0 Å². The predicted molar refractivity (Wildman–Crippen MR) is 268 cm³/mol. The Labute approximate surface area is 488 Å². The molecule has 0 spiro atoms. The van der Waals surface area contributed by atoms with Crippen LogP contribution in [-0.2, 0) is 71.1 Å². The van der Waals surface area contributed by atoms with E-state index in [1.54, 1.807) is 36.4 Å². The first-order chi connectivity index (χ1) is 41.2. The van der Waals surface area contributed by atoms with Gasteiger partial charge in [0.15, 0.2) is 44.0 Å². The number of hydrogen-bond donors (Lipinski definition) is 20. The van der Waals surface area contributed by atoms with Crippen molar-refractivity contribution in [1.29, 1.82) is 0 Å². The van der Waals surface area contributed by atoms with Gasteiger partial charge in [-0.25, -0.2) is 0 Å². The summed E-state index contributed by atoms with van der Waals surface area (Å²) < 4.78 is 87.5. The lowest BCUT2D eigenvalue weighted by atomic mass is 9.95. The number of hydrogen-bond acceptors (Lipinski definition) is 35. The number of aliphatic hydroxyl groups is 20. The Hall–Kier alpha value is -2.44. The molecule has 21 fully saturated rings. The maximum Gasteiger partial charge on any atom is 0.187 e. The summed E-state index contributed by atoms with van der Waals surface area (Å²) in [4.78, 5) is 0. The van der Waals surface area contributed by atoms with Crippen LogP contribution in [0, 0.1) is 0 Å². The molecule has 1 aromatic rings. The van der Waals surface area contributed by atoms with Crippen LogP contribution in [0.3, 0.4) is 0 Å². The molecule has 35 nitrogen and oxygen atoms in total. The van der Waals surface area contributed by atoms with Crippen molar-refractivity contribution >= 4 is 6.08 Å². The molecule has 21 saturated heterocycles. The third-order valence-electron chi connectivity index (χ3n) is 16.3. The number of benzene rings is 1. The Morgan fingerprint density at radius 3 is 0.744 bits per heavy atom. The molecule has 492 valence electrons. The van der Waals surface area contributed by atoms with Crippen LogP contribution in [0.15, 0.2) is 36.4 Å². The van der Waals surface area contributed by atoms with E-state index in [1.807, 2.05) is 0 Å². The number of rotatable bonds is 11. The van der Waals surface area contributed by atoms with Crippen molar-refractivity contribution in [2.24, 2.45) is 0 Å². The van der Waals surface area contributed by atoms with Gasteiger partial charge < -0.3 is 173 Å². The van der Waals surface area contributed by atoms with E-state index in [1.165, 1.54) is 6.08 Å². The Morgan fingerprint density at radius 1 is 0.279 bits per heavy atom. The summed E-state index contributed by atoms with van der Waals surface area (Å²) in [5.41, 5.74) is 0.725. The maximum absolute atomic E-state index is 12.0. The third-order valence-corrected chi connectivity index (χ3v) is 16.3. The summed E-state index contributed by atoms with van der Waals surface area (Å²) in [6.45, 7) is -7.55. The Kier molecular flexibility index (Phi) is 23.6. The fourth-order valence-electron chi connectivity index (χ4n) is 11.5. The second kappa shape index (κ2) is 29.9. The van der Waals surface area contributed by atoms with Gasteiger partial charge in [-0.3, -0.25) is 0 Å². The molecule has 0 aliphatic carbocycles. The molecule has 20 N–H and O–H groups in total. The number of aliphatic hydroxyl groups excluding tert-OH is 20. The van der Waals surface area contributed by atoms with E-state index in [-0.39, 0.29) is 6.61 Å². The highest BCUT2D eigenvalue weighted by atomic mass is 16.8. The summed E-state index contributed by atoms with van der Waals surface area (Å²) in [5, 5.41) is 223. The molecule has 86 heavy (non-hydrogen) atoms. The molecular formula is C51H78O35. The fourth-order valence-corrected chi connectivity index (χ4v) is 11.5. The number of ether oxygens (including phenoxy) is 15. The SMILES string of the molecule is OC[C@H]1O[C@@H]2O[C@H]3[C@H](O)[C@@H](O)[C@@H](O[C@H]4[C@@H](O)[C@H](O)[C@@H](O[C@H]5[C@@H](O)[C@H](O)[C@@H](O[C@H]6[C@@H](O)[C@H](O)[C@@H](O[C@H]7[C@H](OC/C=C/c8ccccc8)[C@@H](O)[C@@H](O[C@H]8[C@H](O)[C@@H](O)[C@@H](O[C@H]1[C@H](O)[C@H]2O)O[C@@H]8CO)O[C@@H]7CO)O[C@@H]6CO)O[C@@H]5CO)O[C@@H]4CO)O[C@@H]3CO. The molecular weight excluding hydrogens is 1170 g/mol.